The van der Waals surface area contributed by atoms with E-state index in [4.69, 9.17) is 4.42 Å². The van der Waals surface area contributed by atoms with Crippen molar-refractivity contribution in [1.82, 2.24) is 10.3 Å². The summed E-state index contributed by atoms with van der Waals surface area (Å²) < 4.78 is 5.82. The summed E-state index contributed by atoms with van der Waals surface area (Å²) in [5.41, 5.74) is 3.73. The average molecular weight is 254 g/mol. The third kappa shape index (κ3) is 2.29. The molecule has 0 saturated heterocycles. The number of benzene rings is 1. The van der Waals surface area contributed by atoms with Crippen molar-refractivity contribution in [2.45, 2.75) is 19.9 Å². The van der Waals surface area contributed by atoms with E-state index in [1.54, 1.807) is 0 Å². The van der Waals surface area contributed by atoms with Crippen LogP contribution in [0.5, 0.6) is 0 Å². The molecule has 0 spiro atoms. The minimum atomic E-state index is 0.771. The molecule has 2 N–H and O–H groups in total. The second-order valence-corrected chi connectivity index (χ2v) is 4.85. The van der Waals surface area contributed by atoms with Crippen LogP contribution in [0.25, 0.3) is 10.9 Å². The van der Waals surface area contributed by atoms with Crippen LogP contribution < -0.4 is 5.32 Å². The smallest absolute Gasteiger partial charge is 0.117 e. The lowest BCUT2D eigenvalue weighted by atomic mass is 10.1. The lowest BCUT2D eigenvalue weighted by Gasteiger charge is -1.99. The maximum Gasteiger partial charge on any atom is 0.117 e. The van der Waals surface area contributed by atoms with Gasteiger partial charge < -0.3 is 14.7 Å². The molecule has 0 amide bonds. The number of furan rings is 1. The van der Waals surface area contributed by atoms with Crippen molar-refractivity contribution in [1.29, 1.82) is 0 Å². The molecule has 1 aromatic carbocycles. The summed E-state index contributed by atoms with van der Waals surface area (Å²) in [6, 6.07) is 12.5. The average Bonchev–Trinajstić information content (AvgIpc) is 2.96. The largest absolute Gasteiger partial charge is 0.464 e. The molecule has 3 aromatic rings. The van der Waals surface area contributed by atoms with Crippen molar-refractivity contribution in [2.24, 2.45) is 0 Å². The van der Waals surface area contributed by atoms with Gasteiger partial charge in [-0.2, -0.15) is 0 Å². The highest BCUT2D eigenvalue weighted by Crippen LogP contribution is 2.25. The molecule has 3 rings (SSSR count). The molecular weight excluding hydrogens is 236 g/mol. The number of aromatic nitrogens is 1. The second kappa shape index (κ2) is 4.94. The zero-order valence-electron chi connectivity index (χ0n) is 11.3. The summed E-state index contributed by atoms with van der Waals surface area (Å²) in [4.78, 5) is 3.43. The summed E-state index contributed by atoms with van der Waals surface area (Å²) >= 11 is 0. The number of aromatic amines is 1. The molecule has 19 heavy (non-hydrogen) atoms. The zero-order valence-corrected chi connectivity index (χ0v) is 11.3. The Balaban J connectivity index is 1.93. The van der Waals surface area contributed by atoms with E-state index in [0.29, 0.717) is 0 Å². The third-order valence-electron chi connectivity index (χ3n) is 3.45. The van der Waals surface area contributed by atoms with Crippen molar-refractivity contribution in [3.05, 3.63) is 59.2 Å². The first-order valence-electron chi connectivity index (χ1n) is 6.56. The molecule has 2 heterocycles. The number of nitrogens with one attached hydrogen (secondary N) is 2. The highest BCUT2D eigenvalue weighted by atomic mass is 16.3. The van der Waals surface area contributed by atoms with Crippen LogP contribution in [-0.4, -0.2) is 12.0 Å². The van der Waals surface area contributed by atoms with Gasteiger partial charge in [-0.1, -0.05) is 18.2 Å². The first-order valence-corrected chi connectivity index (χ1v) is 6.56. The number of aryl methyl sites for hydroxylation is 1. The van der Waals surface area contributed by atoms with E-state index >= 15 is 0 Å². The van der Waals surface area contributed by atoms with Gasteiger partial charge in [0.05, 0.1) is 6.54 Å². The van der Waals surface area contributed by atoms with E-state index in [1.165, 1.54) is 22.2 Å². The Bertz CT molecular complexity index is 694. The van der Waals surface area contributed by atoms with Gasteiger partial charge in [0.25, 0.3) is 0 Å². The quantitative estimate of drug-likeness (QED) is 0.749. The van der Waals surface area contributed by atoms with E-state index < -0.39 is 0 Å². The van der Waals surface area contributed by atoms with Crippen LogP contribution in [-0.2, 0) is 13.0 Å². The van der Waals surface area contributed by atoms with Crippen molar-refractivity contribution in [2.75, 3.05) is 7.05 Å². The molecular formula is C16H18N2O. The van der Waals surface area contributed by atoms with Crippen LogP contribution >= 0.6 is 0 Å². The molecule has 98 valence electrons. The third-order valence-corrected chi connectivity index (χ3v) is 3.45. The van der Waals surface area contributed by atoms with Crippen LogP contribution in [0.1, 0.15) is 22.8 Å². The fraction of sp³-hybridized carbons (Fsp3) is 0.250. The Morgan fingerprint density at radius 3 is 2.74 bits per heavy atom. The Morgan fingerprint density at radius 2 is 1.89 bits per heavy atom. The van der Waals surface area contributed by atoms with Gasteiger partial charge in [-0.25, -0.2) is 0 Å². The first-order chi connectivity index (χ1) is 9.28. The SMILES string of the molecule is CNCc1ccc(Cc2c(C)[nH]c3ccccc23)o1. The number of fused-ring (bicyclic) bond motifs is 1. The predicted molar refractivity (Wildman–Crippen MR) is 77.3 cm³/mol. The van der Waals surface area contributed by atoms with Gasteiger partial charge >= 0.3 is 0 Å². The lowest BCUT2D eigenvalue weighted by Crippen LogP contribution is -2.03. The van der Waals surface area contributed by atoms with E-state index in [9.17, 15) is 0 Å². The molecule has 2 aromatic heterocycles. The molecule has 0 unspecified atom stereocenters. The molecule has 0 radical (unpaired) electrons. The molecule has 0 saturated carbocycles. The first kappa shape index (κ1) is 12.1. The van der Waals surface area contributed by atoms with Crippen molar-refractivity contribution >= 4 is 10.9 Å². The van der Waals surface area contributed by atoms with Crippen LogP contribution in [0.2, 0.25) is 0 Å². The maximum absolute atomic E-state index is 5.82. The standard InChI is InChI=1S/C16H18N2O/c1-11-15(14-5-3-4-6-16(14)18-11)9-12-7-8-13(19-12)10-17-2/h3-8,17-18H,9-10H2,1-2H3. The number of para-hydroxylation sites is 1. The topological polar surface area (TPSA) is 41.0 Å². The van der Waals surface area contributed by atoms with Gasteiger partial charge in [0, 0.05) is 23.0 Å². The van der Waals surface area contributed by atoms with Crippen molar-refractivity contribution < 1.29 is 4.42 Å². The molecule has 0 atom stereocenters. The Labute approximate surface area is 112 Å². The van der Waals surface area contributed by atoms with E-state index in [1.807, 2.05) is 13.1 Å². The maximum atomic E-state index is 5.82. The van der Waals surface area contributed by atoms with Gasteiger partial charge in [0.15, 0.2) is 0 Å². The monoisotopic (exact) mass is 254 g/mol. The number of rotatable bonds is 4. The fourth-order valence-electron chi connectivity index (χ4n) is 2.52. The van der Waals surface area contributed by atoms with Gasteiger partial charge in [0.2, 0.25) is 0 Å². The summed E-state index contributed by atoms with van der Waals surface area (Å²) in [5.74, 6) is 1.99. The van der Waals surface area contributed by atoms with Crippen molar-refractivity contribution in [3.63, 3.8) is 0 Å². The van der Waals surface area contributed by atoms with Gasteiger partial charge in [-0.05, 0) is 37.7 Å². The number of hydrogen-bond acceptors (Lipinski definition) is 2. The molecule has 0 bridgehead atoms. The Hall–Kier alpha value is -2.00. The molecule has 0 aliphatic rings. The van der Waals surface area contributed by atoms with Gasteiger partial charge in [-0.15, -0.1) is 0 Å². The lowest BCUT2D eigenvalue weighted by molar-refractivity contribution is 0.462. The minimum Gasteiger partial charge on any atom is -0.464 e. The molecule has 3 nitrogen and oxygen atoms in total. The van der Waals surface area contributed by atoms with E-state index in [-0.39, 0.29) is 0 Å². The number of H-pyrrole nitrogens is 1. The molecule has 0 aliphatic carbocycles. The van der Waals surface area contributed by atoms with E-state index in [2.05, 4.69) is 47.6 Å². The van der Waals surface area contributed by atoms with Crippen LogP contribution in [0, 0.1) is 6.92 Å². The van der Waals surface area contributed by atoms with Crippen LogP contribution in [0.3, 0.4) is 0 Å². The van der Waals surface area contributed by atoms with Gasteiger partial charge in [0.1, 0.15) is 11.5 Å². The summed E-state index contributed by atoms with van der Waals surface area (Å²) in [7, 11) is 1.92. The predicted octanol–water partition coefficient (Wildman–Crippen LogP) is 3.38. The molecule has 0 fully saturated rings. The fourth-order valence-corrected chi connectivity index (χ4v) is 2.52. The highest BCUT2D eigenvalue weighted by molar-refractivity contribution is 5.84. The second-order valence-electron chi connectivity index (χ2n) is 4.85. The molecule has 3 heteroatoms. The van der Waals surface area contributed by atoms with E-state index in [0.717, 1.165) is 24.5 Å². The summed E-state index contributed by atoms with van der Waals surface area (Å²) in [6.07, 6.45) is 0.833. The number of hydrogen-bond donors (Lipinski definition) is 2. The zero-order chi connectivity index (χ0) is 13.2. The summed E-state index contributed by atoms with van der Waals surface area (Å²) in [6.45, 7) is 2.89. The van der Waals surface area contributed by atoms with Crippen molar-refractivity contribution in [3.8, 4) is 0 Å². The Morgan fingerprint density at radius 1 is 1.11 bits per heavy atom. The molecule has 0 aliphatic heterocycles. The Kier molecular flexibility index (Phi) is 3.13. The van der Waals surface area contributed by atoms with Gasteiger partial charge in [-0.3, -0.25) is 0 Å². The normalized spacial score (nSPS) is 11.3. The van der Waals surface area contributed by atoms with Crippen LogP contribution in [0.15, 0.2) is 40.8 Å². The minimum absolute atomic E-state index is 0.771. The highest BCUT2D eigenvalue weighted by Gasteiger charge is 2.10. The van der Waals surface area contributed by atoms with Crippen LogP contribution in [0.4, 0.5) is 0 Å². The summed E-state index contributed by atoms with van der Waals surface area (Å²) in [5, 5.41) is 4.38.